The molecule has 90 valence electrons. The molecule has 0 spiro atoms. The highest BCUT2D eigenvalue weighted by Gasteiger charge is 2.11. The molecule has 2 heteroatoms. The molecule has 0 amide bonds. The van der Waals surface area contributed by atoms with Crippen molar-refractivity contribution in [2.24, 2.45) is 0 Å². The molecule has 1 saturated heterocycles. The van der Waals surface area contributed by atoms with Gasteiger partial charge in [-0.1, -0.05) is 58.3 Å². The van der Waals surface area contributed by atoms with E-state index in [0.29, 0.717) is 6.17 Å². The molecule has 0 bridgehead atoms. The molecule has 0 aromatic carbocycles. The maximum absolute atomic E-state index is 3.46. The van der Waals surface area contributed by atoms with Crippen LogP contribution in [0.1, 0.15) is 64.7 Å². The SMILES string of the molecule is CCCCCCCCCCC1NCCN1. The topological polar surface area (TPSA) is 24.1 Å². The molecule has 1 fully saturated rings. The molecule has 1 aliphatic rings. The average molecular weight is 212 g/mol. The predicted octanol–water partition coefficient (Wildman–Crippen LogP) is 3.04. The average Bonchev–Trinajstić information content (AvgIpc) is 2.75. The van der Waals surface area contributed by atoms with E-state index in [1.807, 2.05) is 0 Å². The smallest absolute Gasteiger partial charge is 0.0572 e. The van der Waals surface area contributed by atoms with E-state index in [0.717, 1.165) is 13.1 Å². The van der Waals surface area contributed by atoms with Gasteiger partial charge < -0.3 is 10.6 Å². The molecule has 0 atom stereocenters. The Labute approximate surface area is 95.2 Å². The van der Waals surface area contributed by atoms with Crippen molar-refractivity contribution in [3.05, 3.63) is 0 Å². The Hall–Kier alpha value is -0.0800. The van der Waals surface area contributed by atoms with E-state index in [4.69, 9.17) is 0 Å². The fourth-order valence-electron chi connectivity index (χ4n) is 2.25. The minimum Gasteiger partial charge on any atom is -0.301 e. The van der Waals surface area contributed by atoms with Crippen molar-refractivity contribution in [3.63, 3.8) is 0 Å². The van der Waals surface area contributed by atoms with Crippen LogP contribution in [0.25, 0.3) is 0 Å². The first-order valence-corrected chi connectivity index (χ1v) is 6.90. The summed E-state index contributed by atoms with van der Waals surface area (Å²) in [6, 6.07) is 0. The van der Waals surface area contributed by atoms with Gasteiger partial charge in [-0.3, -0.25) is 0 Å². The molecule has 0 saturated carbocycles. The molecule has 15 heavy (non-hydrogen) atoms. The first-order chi connectivity index (χ1) is 7.43. The zero-order valence-corrected chi connectivity index (χ0v) is 10.4. The fourth-order valence-corrected chi connectivity index (χ4v) is 2.25. The summed E-state index contributed by atoms with van der Waals surface area (Å²) in [7, 11) is 0. The van der Waals surface area contributed by atoms with E-state index >= 15 is 0 Å². The lowest BCUT2D eigenvalue weighted by Crippen LogP contribution is -2.30. The van der Waals surface area contributed by atoms with Gasteiger partial charge in [-0.05, 0) is 6.42 Å². The second-order valence-corrected chi connectivity index (χ2v) is 4.72. The summed E-state index contributed by atoms with van der Waals surface area (Å²) in [6.45, 7) is 4.59. The molecule has 0 aromatic heterocycles. The quantitative estimate of drug-likeness (QED) is 0.574. The highest BCUT2D eigenvalue weighted by Crippen LogP contribution is 2.10. The van der Waals surface area contributed by atoms with E-state index in [1.54, 1.807) is 0 Å². The molecular formula is C13H28N2. The third-order valence-corrected chi connectivity index (χ3v) is 3.25. The first kappa shape index (κ1) is 13.0. The molecule has 0 radical (unpaired) electrons. The van der Waals surface area contributed by atoms with Crippen molar-refractivity contribution in [1.29, 1.82) is 0 Å². The van der Waals surface area contributed by atoms with Crippen LogP contribution in [-0.2, 0) is 0 Å². The number of unbranched alkanes of at least 4 members (excludes halogenated alkanes) is 7. The van der Waals surface area contributed by atoms with Crippen LogP contribution in [-0.4, -0.2) is 19.3 Å². The highest BCUT2D eigenvalue weighted by molar-refractivity contribution is 4.71. The van der Waals surface area contributed by atoms with Crippen molar-refractivity contribution in [3.8, 4) is 0 Å². The standard InChI is InChI=1S/C13H28N2/c1-2-3-4-5-6-7-8-9-10-13-14-11-12-15-13/h13-15H,2-12H2,1H3. The van der Waals surface area contributed by atoms with Crippen LogP contribution in [0.2, 0.25) is 0 Å². The van der Waals surface area contributed by atoms with Gasteiger partial charge in [0.15, 0.2) is 0 Å². The van der Waals surface area contributed by atoms with Crippen molar-refractivity contribution in [1.82, 2.24) is 10.6 Å². The lowest BCUT2D eigenvalue weighted by molar-refractivity contribution is 0.472. The summed E-state index contributed by atoms with van der Waals surface area (Å²) in [5.41, 5.74) is 0. The Bertz CT molecular complexity index is 130. The molecule has 0 aliphatic carbocycles. The molecule has 0 aromatic rings. The second kappa shape index (κ2) is 9.17. The van der Waals surface area contributed by atoms with Gasteiger partial charge in [-0.25, -0.2) is 0 Å². The highest BCUT2D eigenvalue weighted by atomic mass is 15.2. The Balaban J connectivity index is 1.73. The first-order valence-electron chi connectivity index (χ1n) is 6.90. The van der Waals surface area contributed by atoms with Gasteiger partial charge in [0, 0.05) is 13.1 Å². The van der Waals surface area contributed by atoms with E-state index in [9.17, 15) is 0 Å². The lowest BCUT2D eigenvalue weighted by Gasteiger charge is -2.09. The molecule has 1 aliphatic heterocycles. The maximum Gasteiger partial charge on any atom is 0.0572 e. The van der Waals surface area contributed by atoms with Crippen LogP contribution in [0.4, 0.5) is 0 Å². The molecule has 0 unspecified atom stereocenters. The Kier molecular flexibility index (Phi) is 7.94. The van der Waals surface area contributed by atoms with E-state index < -0.39 is 0 Å². The summed E-state index contributed by atoms with van der Waals surface area (Å²) in [6.07, 6.45) is 13.3. The van der Waals surface area contributed by atoms with Gasteiger partial charge in [-0.2, -0.15) is 0 Å². The zero-order valence-electron chi connectivity index (χ0n) is 10.4. The summed E-state index contributed by atoms with van der Waals surface area (Å²) < 4.78 is 0. The third kappa shape index (κ3) is 6.91. The van der Waals surface area contributed by atoms with Crippen LogP contribution in [0.5, 0.6) is 0 Å². The van der Waals surface area contributed by atoms with Crippen LogP contribution in [0.15, 0.2) is 0 Å². The monoisotopic (exact) mass is 212 g/mol. The number of hydrogen-bond donors (Lipinski definition) is 2. The van der Waals surface area contributed by atoms with Crippen molar-refractivity contribution >= 4 is 0 Å². The summed E-state index contributed by atoms with van der Waals surface area (Å²) in [5.74, 6) is 0. The minimum atomic E-state index is 0.616. The molecule has 1 rings (SSSR count). The second-order valence-electron chi connectivity index (χ2n) is 4.72. The van der Waals surface area contributed by atoms with E-state index in [-0.39, 0.29) is 0 Å². The van der Waals surface area contributed by atoms with E-state index in [1.165, 1.54) is 57.8 Å². The Morgan fingerprint density at radius 2 is 1.33 bits per heavy atom. The number of hydrogen-bond acceptors (Lipinski definition) is 2. The zero-order chi connectivity index (χ0) is 10.8. The molecule has 1 heterocycles. The number of rotatable bonds is 9. The molecular weight excluding hydrogens is 184 g/mol. The van der Waals surface area contributed by atoms with Gasteiger partial charge in [-0.15, -0.1) is 0 Å². The van der Waals surface area contributed by atoms with Crippen LogP contribution >= 0.6 is 0 Å². The van der Waals surface area contributed by atoms with Crippen LogP contribution < -0.4 is 10.6 Å². The molecule has 2 nitrogen and oxygen atoms in total. The summed E-state index contributed by atoms with van der Waals surface area (Å²) in [5, 5.41) is 6.93. The van der Waals surface area contributed by atoms with Crippen LogP contribution in [0.3, 0.4) is 0 Å². The van der Waals surface area contributed by atoms with Crippen molar-refractivity contribution in [2.45, 2.75) is 70.9 Å². The summed E-state index contributed by atoms with van der Waals surface area (Å²) >= 11 is 0. The van der Waals surface area contributed by atoms with Gasteiger partial charge in [0.05, 0.1) is 6.17 Å². The Morgan fingerprint density at radius 3 is 1.93 bits per heavy atom. The maximum atomic E-state index is 3.46. The number of nitrogens with one attached hydrogen (secondary N) is 2. The van der Waals surface area contributed by atoms with Crippen LogP contribution in [0, 0.1) is 0 Å². The lowest BCUT2D eigenvalue weighted by atomic mass is 10.1. The largest absolute Gasteiger partial charge is 0.301 e. The normalized spacial score (nSPS) is 17.4. The third-order valence-electron chi connectivity index (χ3n) is 3.25. The van der Waals surface area contributed by atoms with E-state index in [2.05, 4.69) is 17.6 Å². The minimum absolute atomic E-state index is 0.616. The molecule has 2 N–H and O–H groups in total. The fraction of sp³-hybridized carbons (Fsp3) is 1.00. The van der Waals surface area contributed by atoms with Gasteiger partial charge in [0.1, 0.15) is 0 Å². The van der Waals surface area contributed by atoms with Gasteiger partial charge in [0.2, 0.25) is 0 Å². The summed E-state index contributed by atoms with van der Waals surface area (Å²) in [4.78, 5) is 0. The van der Waals surface area contributed by atoms with Crippen molar-refractivity contribution in [2.75, 3.05) is 13.1 Å². The predicted molar refractivity (Wildman–Crippen MR) is 67.0 cm³/mol. The van der Waals surface area contributed by atoms with Crippen molar-refractivity contribution < 1.29 is 0 Å². The van der Waals surface area contributed by atoms with Gasteiger partial charge in [0.25, 0.3) is 0 Å². The Morgan fingerprint density at radius 1 is 0.800 bits per heavy atom. The van der Waals surface area contributed by atoms with Gasteiger partial charge >= 0.3 is 0 Å².